The number of carbonyl (C=O) groups is 1. The maximum Gasteiger partial charge on any atom is 0.407 e. The number of nitrogens with one attached hydrogen (secondary N) is 1. The van der Waals surface area contributed by atoms with Gasteiger partial charge in [0.2, 0.25) is 0 Å². The number of carbonyl (C=O) groups excluding carboxylic acids is 1. The van der Waals surface area contributed by atoms with E-state index < -0.39 is 6.09 Å². The van der Waals surface area contributed by atoms with Crippen molar-refractivity contribution in [2.75, 3.05) is 0 Å². The van der Waals surface area contributed by atoms with E-state index in [-0.39, 0.29) is 17.7 Å². The van der Waals surface area contributed by atoms with Crippen LogP contribution in [0.1, 0.15) is 51.9 Å². The first kappa shape index (κ1) is 21.6. The molecule has 1 N–H and O–H groups in total. The summed E-state index contributed by atoms with van der Waals surface area (Å²) >= 11 is 0. The minimum Gasteiger partial charge on any atom is -0.445 e. The molecule has 0 spiro atoms. The molecule has 0 aliphatic rings. The molecule has 0 atom stereocenters. The van der Waals surface area contributed by atoms with Gasteiger partial charge in [-0.2, -0.15) is 0 Å². The van der Waals surface area contributed by atoms with Crippen molar-refractivity contribution >= 4 is 17.0 Å². The molecule has 158 valence electrons. The number of hydrogen-bond acceptors (Lipinski definition) is 4. The van der Waals surface area contributed by atoms with Crippen molar-refractivity contribution in [1.29, 1.82) is 0 Å². The van der Waals surface area contributed by atoms with Crippen LogP contribution < -0.4 is 10.9 Å². The molecule has 0 bridgehead atoms. The Morgan fingerprint density at radius 2 is 1.80 bits per heavy atom. The minimum absolute atomic E-state index is 0.0692. The Kier molecular flexibility index (Phi) is 6.55. The second kappa shape index (κ2) is 9.11. The third-order valence-electron chi connectivity index (χ3n) is 4.64. The average molecular weight is 408 g/mol. The van der Waals surface area contributed by atoms with Crippen LogP contribution in [0, 0.1) is 0 Å². The summed E-state index contributed by atoms with van der Waals surface area (Å²) in [7, 11) is 0. The number of alkyl carbamates (subject to hydrolysis) is 1. The highest BCUT2D eigenvalue weighted by atomic mass is 16.5. The second-order valence-corrected chi connectivity index (χ2v) is 8.41. The number of aromatic nitrogens is 2. The molecule has 3 aromatic rings. The van der Waals surface area contributed by atoms with Crippen molar-refractivity contribution in [2.45, 2.75) is 59.1 Å². The molecular weight excluding hydrogens is 378 g/mol. The SMILES string of the molecule is CCCCc1nc2ccccc2c(=O)n1-c1ccc(COC(=O)NC(C)(C)C)cc1. The fraction of sp³-hybridized carbons (Fsp3) is 0.375. The topological polar surface area (TPSA) is 73.2 Å². The Labute approximate surface area is 176 Å². The van der Waals surface area contributed by atoms with Crippen LogP contribution in [0.15, 0.2) is 53.3 Å². The summed E-state index contributed by atoms with van der Waals surface area (Å²) in [4.78, 5) is 29.8. The first-order chi connectivity index (χ1) is 14.3. The largest absolute Gasteiger partial charge is 0.445 e. The van der Waals surface area contributed by atoms with Crippen molar-refractivity contribution in [3.05, 3.63) is 70.3 Å². The third-order valence-corrected chi connectivity index (χ3v) is 4.64. The molecule has 0 aliphatic heterocycles. The normalized spacial score (nSPS) is 11.5. The zero-order chi connectivity index (χ0) is 21.7. The molecule has 0 saturated heterocycles. The summed E-state index contributed by atoms with van der Waals surface area (Å²) in [6, 6.07) is 14.9. The molecule has 6 nitrogen and oxygen atoms in total. The van der Waals surface area contributed by atoms with E-state index in [0.29, 0.717) is 5.39 Å². The zero-order valence-corrected chi connectivity index (χ0v) is 18.1. The molecule has 0 unspecified atom stereocenters. The summed E-state index contributed by atoms with van der Waals surface area (Å²) in [6.45, 7) is 7.97. The van der Waals surface area contributed by atoms with Gasteiger partial charge in [-0.05, 0) is 57.0 Å². The summed E-state index contributed by atoms with van der Waals surface area (Å²) in [6.07, 6.45) is 2.26. The summed E-state index contributed by atoms with van der Waals surface area (Å²) < 4.78 is 6.97. The van der Waals surface area contributed by atoms with E-state index in [1.807, 2.05) is 63.2 Å². The Morgan fingerprint density at radius 1 is 1.10 bits per heavy atom. The Bertz CT molecular complexity index is 1080. The van der Waals surface area contributed by atoms with E-state index in [2.05, 4.69) is 12.2 Å². The summed E-state index contributed by atoms with van der Waals surface area (Å²) in [5.41, 5.74) is 1.91. The maximum atomic E-state index is 13.2. The number of benzene rings is 2. The predicted octanol–water partition coefficient (Wildman–Crippen LogP) is 4.75. The first-order valence-electron chi connectivity index (χ1n) is 10.3. The van der Waals surface area contributed by atoms with Gasteiger partial charge in [0.15, 0.2) is 0 Å². The van der Waals surface area contributed by atoms with Crippen LogP contribution in [0.5, 0.6) is 0 Å². The average Bonchev–Trinajstić information content (AvgIpc) is 2.70. The lowest BCUT2D eigenvalue weighted by Crippen LogP contribution is -2.40. The number of unbranched alkanes of at least 4 members (excludes halogenated alkanes) is 1. The minimum atomic E-state index is -0.455. The molecule has 1 aromatic heterocycles. The molecule has 1 amide bonds. The van der Waals surface area contributed by atoms with E-state index >= 15 is 0 Å². The van der Waals surface area contributed by atoms with Gasteiger partial charge in [-0.15, -0.1) is 0 Å². The molecule has 0 radical (unpaired) electrons. The number of amides is 1. The van der Waals surface area contributed by atoms with Crippen molar-refractivity contribution in [3.63, 3.8) is 0 Å². The quantitative estimate of drug-likeness (QED) is 0.640. The number of ether oxygens (including phenoxy) is 1. The zero-order valence-electron chi connectivity index (χ0n) is 18.1. The van der Waals surface area contributed by atoms with Gasteiger partial charge in [0.05, 0.1) is 16.6 Å². The molecule has 3 rings (SSSR count). The monoisotopic (exact) mass is 407 g/mol. The predicted molar refractivity (Wildman–Crippen MR) is 119 cm³/mol. The molecule has 0 saturated carbocycles. The van der Waals surface area contributed by atoms with Gasteiger partial charge in [0.25, 0.3) is 5.56 Å². The van der Waals surface area contributed by atoms with Crippen molar-refractivity contribution in [3.8, 4) is 5.69 Å². The van der Waals surface area contributed by atoms with Gasteiger partial charge in [0.1, 0.15) is 12.4 Å². The second-order valence-electron chi connectivity index (χ2n) is 8.41. The highest BCUT2D eigenvalue weighted by Crippen LogP contribution is 2.16. The number of fused-ring (bicyclic) bond motifs is 1. The Balaban J connectivity index is 1.87. The van der Waals surface area contributed by atoms with Crippen LogP contribution >= 0.6 is 0 Å². The maximum absolute atomic E-state index is 13.2. The van der Waals surface area contributed by atoms with Crippen LogP contribution in [0.4, 0.5) is 4.79 Å². The van der Waals surface area contributed by atoms with Gasteiger partial charge in [0, 0.05) is 12.0 Å². The van der Waals surface area contributed by atoms with E-state index in [0.717, 1.165) is 41.9 Å². The smallest absolute Gasteiger partial charge is 0.407 e. The van der Waals surface area contributed by atoms with E-state index in [1.54, 1.807) is 10.6 Å². The van der Waals surface area contributed by atoms with Crippen LogP contribution in [0.2, 0.25) is 0 Å². The van der Waals surface area contributed by atoms with Crippen LogP contribution in [0.3, 0.4) is 0 Å². The van der Waals surface area contributed by atoms with Gasteiger partial charge >= 0.3 is 6.09 Å². The molecular formula is C24H29N3O3. The summed E-state index contributed by atoms with van der Waals surface area (Å²) in [5, 5.41) is 3.36. The fourth-order valence-electron chi connectivity index (χ4n) is 3.18. The number of aryl methyl sites for hydroxylation is 1. The van der Waals surface area contributed by atoms with Crippen molar-refractivity contribution in [2.24, 2.45) is 0 Å². The molecule has 30 heavy (non-hydrogen) atoms. The highest BCUT2D eigenvalue weighted by Gasteiger charge is 2.15. The van der Waals surface area contributed by atoms with Gasteiger partial charge in [-0.25, -0.2) is 9.78 Å². The third kappa shape index (κ3) is 5.26. The van der Waals surface area contributed by atoms with Gasteiger partial charge in [-0.3, -0.25) is 9.36 Å². The molecule has 6 heteroatoms. The molecule has 0 fully saturated rings. The number of nitrogens with zero attached hydrogens (tertiary/aromatic N) is 2. The molecule has 0 aliphatic carbocycles. The highest BCUT2D eigenvalue weighted by molar-refractivity contribution is 5.77. The number of rotatable bonds is 6. The Hall–Kier alpha value is -3.15. The lowest BCUT2D eigenvalue weighted by Gasteiger charge is -2.20. The van der Waals surface area contributed by atoms with Gasteiger partial charge < -0.3 is 10.1 Å². The van der Waals surface area contributed by atoms with Crippen molar-refractivity contribution < 1.29 is 9.53 Å². The Morgan fingerprint density at radius 3 is 2.47 bits per heavy atom. The lowest BCUT2D eigenvalue weighted by molar-refractivity contribution is 0.131. The lowest BCUT2D eigenvalue weighted by atomic mass is 10.1. The fourth-order valence-corrected chi connectivity index (χ4v) is 3.18. The van der Waals surface area contributed by atoms with Crippen LogP contribution in [-0.2, 0) is 17.8 Å². The number of hydrogen-bond donors (Lipinski definition) is 1. The summed E-state index contributed by atoms with van der Waals surface area (Å²) in [5.74, 6) is 0.758. The van der Waals surface area contributed by atoms with Crippen LogP contribution in [-0.4, -0.2) is 21.2 Å². The van der Waals surface area contributed by atoms with E-state index in [4.69, 9.17) is 9.72 Å². The van der Waals surface area contributed by atoms with Crippen molar-refractivity contribution in [1.82, 2.24) is 14.9 Å². The first-order valence-corrected chi connectivity index (χ1v) is 10.3. The molecule has 1 heterocycles. The van der Waals surface area contributed by atoms with Gasteiger partial charge in [-0.1, -0.05) is 37.6 Å². The van der Waals surface area contributed by atoms with E-state index in [9.17, 15) is 9.59 Å². The standard InChI is InChI=1S/C24H29N3O3/c1-5-6-11-21-25-20-10-8-7-9-19(20)22(28)27(21)18-14-12-17(13-15-18)16-30-23(29)26-24(2,3)4/h7-10,12-15H,5-6,11,16H2,1-4H3,(H,26,29). The van der Waals surface area contributed by atoms with E-state index in [1.165, 1.54) is 0 Å². The number of para-hydroxylation sites is 1. The van der Waals surface area contributed by atoms with Crippen LogP contribution in [0.25, 0.3) is 16.6 Å². The molecule has 2 aromatic carbocycles.